The molecule has 0 radical (unpaired) electrons. The third kappa shape index (κ3) is 8.51. The van der Waals surface area contributed by atoms with Crippen LogP contribution in [-0.2, 0) is 24.0 Å². The van der Waals surface area contributed by atoms with Gasteiger partial charge in [0, 0.05) is 42.3 Å². The van der Waals surface area contributed by atoms with Crippen molar-refractivity contribution in [1.82, 2.24) is 25.8 Å². The summed E-state index contributed by atoms with van der Waals surface area (Å²) in [4.78, 5) is 74.1. The van der Waals surface area contributed by atoms with Crippen LogP contribution in [-0.4, -0.2) is 88.0 Å². The fourth-order valence-corrected chi connectivity index (χ4v) is 8.16. The van der Waals surface area contributed by atoms with Crippen LogP contribution in [0.15, 0.2) is 67.3 Å². The van der Waals surface area contributed by atoms with Gasteiger partial charge in [-0.15, -0.1) is 6.58 Å². The van der Waals surface area contributed by atoms with Crippen molar-refractivity contribution in [2.45, 2.75) is 102 Å². The lowest BCUT2D eigenvalue weighted by molar-refractivity contribution is -0.147. The normalized spacial score (nSPS) is 23.4. The van der Waals surface area contributed by atoms with Crippen molar-refractivity contribution in [3.05, 3.63) is 67.3 Å². The molecule has 2 aliphatic carbocycles. The smallest absolute Gasteiger partial charge is 0.330 e. The molecule has 298 valence electrons. The van der Waals surface area contributed by atoms with Crippen molar-refractivity contribution < 1.29 is 38.6 Å². The number of carboxylic acid groups (broad SMARTS) is 1. The molecule has 0 spiro atoms. The topological polar surface area (TPSA) is 176 Å². The van der Waals surface area contributed by atoms with Crippen LogP contribution in [0.4, 0.5) is 0 Å². The fourth-order valence-electron chi connectivity index (χ4n) is 8.16. The Hall–Kier alpha value is -5.46. The van der Waals surface area contributed by atoms with Gasteiger partial charge in [0.2, 0.25) is 23.6 Å². The summed E-state index contributed by atoms with van der Waals surface area (Å²) in [7, 11) is 1.57. The monoisotopic (exact) mass is 767 g/mol. The molecule has 3 aromatic rings. The van der Waals surface area contributed by atoms with E-state index in [0.29, 0.717) is 28.1 Å². The standard InChI is InChI=1S/C43H53N5O8/c1-7-28-23-43(28,41(53)54)47-38(50)34-21-30(56-35-22-32(26-14-10-8-11-15-26)45-33-20-29(55-6)18-19-31(33)35)24-48(34)40(52)37(42(3,4)5)46-39(51)36(44-25(2)49)27-16-12-9-13-17-27/h7-8,10-11,14-15,18-20,22,27-28,30,34,36-37H,1,9,12-13,16-17,21,23-24H2,2-6H3,(H,44,49)(H,46,51)(H,47,50)(H,53,54)/t28-,30-,34-,36+,37-,43-/m1/s1. The maximum Gasteiger partial charge on any atom is 0.330 e. The second kappa shape index (κ2) is 16.3. The zero-order valence-corrected chi connectivity index (χ0v) is 32.8. The number of hydrogen-bond acceptors (Lipinski definition) is 8. The second-order valence-corrected chi connectivity index (χ2v) is 16.4. The first-order valence-corrected chi connectivity index (χ1v) is 19.4. The van der Waals surface area contributed by atoms with Crippen molar-refractivity contribution in [2.75, 3.05) is 13.7 Å². The molecule has 4 amide bonds. The van der Waals surface area contributed by atoms with E-state index in [1.807, 2.05) is 69.3 Å². The highest BCUT2D eigenvalue weighted by Gasteiger charge is 2.61. The molecule has 6 rings (SSSR count). The van der Waals surface area contributed by atoms with E-state index in [1.165, 1.54) is 17.9 Å². The molecule has 4 N–H and O–H groups in total. The number of pyridine rings is 1. The third-order valence-corrected chi connectivity index (χ3v) is 11.4. The van der Waals surface area contributed by atoms with Gasteiger partial charge in [-0.2, -0.15) is 0 Å². The van der Waals surface area contributed by atoms with Crippen LogP contribution < -0.4 is 25.4 Å². The van der Waals surface area contributed by atoms with E-state index >= 15 is 0 Å². The summed E-state index contributed by atoms with van der Waals surface area (Å²) >= 11 is 0. The number of hydrogen-bond donors (Lipinski definition) is 4. The summed E-state index contributed by atoms with van der Waals surface area (Å²) in [6, 6.07) is 13.9. The number of aliphatic carboxylic acids is 1. The van der Waals surface area contributed by atoms with Gasteiger partial charge in [0.15, 0.2) is 0 Å². The lowest BCUT2D eigenvalue weighted by Gasteiger charge is -2.37. The van der Waals surface area contributed by atoms with E-state index in [0.717, 1.165) is 37.7 Å². The molecule has 1 aromatic heterocycles. The van der Waals surface area contributed by atoms with Gasteiger partial charge in [-0.1, -0.05) is 76.4 Å². The number of carbonyl (C=O) groups is 5. The first kappa shape index (κ1) is 40.2. The Kier molecular flexibility index (Phi) is 11.7. The molecule has 1 aliphatic heterocycles. The molecule has 6 atom stereocenters. The molecular formula is C43H53N5O8. The summed E-state index contributed by atoms with van der Waals surface area (Å²) in [5, 5.41) is 19.4. The summed E-state index contributed by atoms with van der Waals surface area (Å²) in [6.45, 7) is 10.6. The average molecular weight is 768 g/mol. The van der Waals surface area contributed by atoms with E-state index in [9.17, 15) is 29.1 Å². The molecule has 0 unspecified atom stereocenters. The Bertz CT molecular complexity index is 1990. The minimum Gasteiger partial charge on any atom is -0.497 e. The molecule has 2 aromatic carbocycles. The minimum atomic E-state index is -1.53. The molecule has 2 heterocycles. The quantitative estimate of drug-likeness (QED) is 0.174. The highest BCUT2D eigenvalue weighted by atomic mass is 16.5. The number of amides is 4. The number of methoxy groups -OCH3 is 1. The lowest BCUT2D eigenvalue weighted by atomic mass is 9.82. The number of rotatable bonds is 13. The van der Waals surface area contributed by atoms with E-state index in [2.05, 4.69) is 22.5 Å². The van der Waals surface area contributed by atoms with E-state index in [-0.39, 0.29) is 31.2 Å². The number of nitrogens with one attached hydrogen (secondary N) is 3. The number of carbonyl (C=O) groups excluding carboxylic acids is 4. The molecule has 3 aliphatic rings. The molecule has 0 bridgehead atoms. The van der Waals surface area contributed by atoms with Crippen LogP contribution >= 0.6 is 0 Å². The maximum atomic E-state index is 14.9. The molecule has 13 nitrogen and oxygen atoms in total. The van der Waals surface area contributed by atoms with E-state index < -0.39 is 64.8 Å². The first-order chi connectivity index (χ1) is 26.6. The highest BCUT2D eigenvalue weighted by molar-refractivity contribution is 5.97. The number of benzene rings is 2. The van der Waals surface area contributed by atoms with Gasteiger partial charge in [-0.3, -0.25) is 19.2 Å². The molecule has 56 heavy (non-hydrogen) atoms. The molecule has 13 heteroatoms. The number of carboxylic acids is 1. The van der Waals surface area contributed by atoms with Gasteiger partial charge < -0.3 is 35.4 Å². The van der Waals surface area contributed by atoms with Gasteiger partial charge in [0.05, 0.1) is 24.9 Å². The van der Waals surface area contributed by atoms with Gasteiger partial charge in [-0.25, -0.2) is 9.78 Å². The van der Waals surface area contributed by atoms with Crippen LogP contribution in [0.2, 0.25) is 0 Å². The molecule has 2 saturated carbocycles. The highest BCUT2D eigenvalue weighted by Crippen LogP contribution is 2.45. The Morgan fingerprint density at radius 3 is 2.34 bits per heavy atom. The summed E-state index contributed by atoms with van der Waals surface area (Å²) in [5.41, 5.74) is -0.220. The first-order valence-electron chi connectivity index (χ1n) is 19.4. The largest absolute Gasteiger partial charge is 0.497 e. The van der Waals surface area contributed by atoms with Crippen LogP contribution in [0.1, 0.15) is 72.6 Å². The zero-order valence-electron chi connectivity index (χ0n) is 32.8. The predicted molar refractivity (Wildman–Crippen MR) is 211 cm³/mol. The average Bonchev–Trinajstić information content (AvgIpc) is 3.74. The van der Waals surface area contributed by atoms with Crippen LogP contribution in [0, 0.1) is 17.3 Å². The predicted octanol–water partition coefficient (Wildman–Crippen LogP) is 5.02. The number of nitrogens with zero attached hydrogens (tertiary/aromatic N) is 2. The third-order valence-electron chi connectivity index (χ3n) is 11.4. The van der Waals surface area contributed by atoms with Crippen LogP contribution in [0.3, 0.4) is 0 Å². The maximum absolute atomic E-state index is 14.9. The van der Waals surface area contributed by atoms with Gasteiger partial charge in [-0.05, 0) is 42.7 Å². The zero-order chi connectivity index (χ0) is 40.4. The van der Waals surface area contributed by atoms with Gasteiger partial charge in [0.1, 0.15) is 41.3 Å². The number of likely N-dealkylation sites (tertiary alicyclic amines) is 1. The van der Waals surface area contributed by atoms with Crippen molar-refractivity contribution in [2.24, 2.45) is 17.3 Å². The summed E-state index contributed by atoms with van der Waals surface area (Å²) in [5.74, 6) is -2.59. The lowest BCUT2D eigenvalue weighted by Crippen LogP contribution is -2.62. The Morgan fingerprint density at radius 1 is 1.02 bits per heavy atom. The number of ether oxygens (including phenoxy) is 2. The van der Waals surface area contributed by atoms with Crippen molar-refractivity contribution >= 4 is 40.5 Å². The SMILES string of the molecule is C=C[C@@H]1C[C@]1(NC(=O)[C@H]1C[C@@H](Oc2cc(-c3ccccc3)nc3cc(OC)ccc23)CN1C(=O)[C@@H](NC(=O)[C@@H](NC(C)=O)C1CCCCC1)C(C)(C)C)C(=O)O. The Morgan fingerprint density at radius 2 is 1.73 bits per heavy atom. The van der Waals surface area contributed by atoms with Gasteiger partial charge in [0.25, 0.3) is 0 Å². The Labute approximate surface area is 327 Å². The molecule has 3 fully saturated rings. The van der Waals surface area contributed by atoms with E-state index in [1.54, 1.807) is 13.2 Å². The van der Waals surface area contributed by atoms with Crippen molar-refractivity contribution in [3.63, 3.8) is 0 Å². The summed E-state index contributed by atoms with van der Waals surface area (Å²) < 4.78 is 12.2. The minimum absolute atomic E-state index is 0.0251. The fraction of sp³-hybridized carbons (Fsp3) is 0.488. The van der Waals surface area contributed by atoms with E-state index in [4.69, 9.17) is 14.5 Å². The molecular weight excluding hydrogens is 714 g/mol. The van der Waals surface area contributed by atoms with Gasteiger partial charge >= 0.3 is 5.97 Å². The second-order valence-electron chi connectivity index (χ2n) is 16.4. The number of fused-ring (bicyclic) bond motifs is 1. The van der Waals surface area contributed by atoms with Crippen LogP contribution in [0.25, 0.3) is 22.2 Å². The Balaban J connectivity index is 1.34. The van der Waals surface area contributed by atoms with Crippen molar-refractivity contribution in [3.8, 4) is 22.8 Å². The summed E-state index contributed by atoms with van der Waals surface area (Å²) in [6.07, 6.45) is 5.54. The van der Waals surface area contributed by atoms with Crippen LogP contribution in [0.5, 0.6) is 11.5 Å². The number of aromatic nitrogens is 1. The van der Waals surface area contributed by atoms with Crippen molar-refractivity contribution in [1.29, 1.82) is 0 Å². The molecule has 1 saturated heterocycles.